The van der Waals surface area contributed by atoms with Crippen LogP contribution in [0, 0.1) is 11.6 Å². The fourth-order valence-corrected chi connectivity index (χ4v) is 1.88. The molecule has 0 aliphatic rings. The van der Waals surface area contributed by atoms with E-state index >= 15 is 0 Å². The maximum Gasteiger partial charge on any atom is 0.319 e. The number of amides is 2. The molecule has 2 aromatic carbocycles. The van der Waals surface area contributed by atoms with E-state index < -0.39 is 17.7 Å². The Bertz CT molecular complexity index is 645. The predicted octanol–water partition coefficient (Wildman–Crippen LogP) is 2.82. The van der Waals surface area contributed by atoms with Crippen molar-refractivity contribution in [3.05, 3.63) is 65.2 Å². The van der Waals surface area contributed by atoms with Crippen LogP contribution in [-0.4, -0.2) is 17.7 Å². The fourth-order valence-electron chi connectivity index (χ4n) is 1.88. The van der Waals surface area contributed by atoms with Gasteiger partial charge < -0.3 is 15.7 Å². The van der Waals surface area contributed by atoms with Crippen molar-refractivity contribution in [2.24, 2.45) is 0 Å². The van der Waals surface area contributed by atoms with E-state index in [-0.39, 0.29) is 12.3 Å². The average molecular weight is 306 g/mol. The Morgan fingerprint density at radius 3 is 2.32 bits per heavy atom. The van der Waals surface area contributed by atoms with Crippen LogP contribution < -0.4 is 10.6 Å². The van der Waals surface area contributed by atoms with Crippen molar-refractivity contribution in [1.29, 1.82) is 0 Å². The van der Waals surface area contributed by atoms with Crippen LogP contribution in [-0.2, 0) is 13.0 Å². The summed E-state index contributed by atoms with van der Waals surface area (Å²) in [5.41, 5.74) is 2.03. The van der Waals surface area contributed by atoms with E-state index in [4.69, 9.17) is 5.11 Å². The molecule has 116 valence electrons. The summed E-state index contributed by atoms with van der Waals surface area (Å²) < 4.78 is 25.8. The molecule has 0 heterocycles. The molecular formula is C16H16F2N2O2. The summed E-state index contributed by atoms with van der Waals surface area (Å²) in [5.74, 6) is -1.97. The zero-order valence-corrected chi connectivity index (χ0v) is 11.8. The molecule has 0 aromatic heterocycles. The summed E-state index contributed by atoms with van der Waals surface area (Å²) in [6.45, 7) is 0.392. The molecule has 0 unspecified atom stereocenters. The highest BCUT2D eigenvalue weighted by molar-refractivity contribution is 5.89. The first-order valence-electron chi connectivity index (χ1n) is 6.77. The minimum Gasteiger partial charge on any atom is -0.392 e. The molecule has 6 heteroatoms. The first-order chi connectivity index (χ1) is 10.6. The molecule has 0 saturated carbocycles. The summed E-state index contributed by atoms with van der Waals surface area (Å²) in [7, 11) is 0. The lowest BCUT2D eigenvalue weighted by atomic mass is 10.1. The maximum atomic E-state index is 13.0. The van der Waals surface area contributed by atoms with E-state index in [2.05, 4.69) is 10.6 Å². The number of nitrogens with one attached hydrogen (secondary N) is 2. The van der Waals surface area contributed by atoms with Gasteiger partial charge in [0.15, 0.2) is 11.6 Å². The van der Waals surface area contributed by atoms with Crippen molar-refractivity contribution in [2.75, 3.05) is 11.9 Å². The summed E-state index contributed by atoms with van der Waals surface area (Å²) in [6.07, 6.45) is 0.622. The molecule has 2 rings (SSSR count). The van der Waals surface area contributed by atoms with Crippen molar-refractivity contribution in [3.8, 4) is 0 Å². The monoisotopic (exact) mass is 306 g/mol. The second-order valence-corrected chi connectivity index (χ2v) is 4.73. The number of carbonyl (C=O) groups is 1. The SMILES string of the molecule is O=C(NCCc1ccc(CO)cc1)Nc1ccc(F)c(F)c1. The van der Waals surface area contributed by atoms with Gasteiger partial charge >= 0.3 is 6.03 Å². The van der Waals surface area contributed by atoms with Crippen LogP contribution in [0.1, 0.15) is 11.1 Å². The van der Waals surface area contributed by atoms with Crippen molar-refractivity contribution in [2.45, 2.75) is 13.0 Å². The number of hydrogen-bond acceptors (Lipinski definition) is 2. The number of aliphatic hydroxyl groups is 1. The quantitative estimate of drug-likeness (QED) is 0.795. The molecule has 4 nitrogen and oxygen atoms in total. The lowest BCUT2D eigenvalue weighted by Crippen LogP contribution is -2.30. The Balaban J connectivity index is 1.78. The summed E-state index contributed by atoms with van der Waals surface area (Å²) >= 11 is 0. The van der Waals surface area contributed by atoms with Gasteiger partial charge in [-0.2, -0.15) is 0 Å². The van der Waals surface area contributed by atoms with Crippen LogP contribution in [0.15, 0.2) is 42.5 Å². The minimum absolute atomic E-state index is 0.00480. The van der Waals surface area contributed by atoms with Gasteiger partial charge in [0, 0.05) is 18.3 Å². The molecule has 0 radical (unpaired) electrons. The predicted molar refractivity (Wildman–Crippen MR) is 79.4 cm³/mol. The Kier molecular flexibility index (Phi) is 5.43. The van der Waals surface area contributed by atoms with E-state index in [0.717, 1.165) is 23.3 Å². The van der Waals surface area contributed by atoms with Crippen molar-refractivity contribution >= 4 is 11.7 Å². The van der Waals surface area contributed by atoms with Gasteiger partial charge in [0.25, 0.3) is 0 Å². The van der Waals surface area contributed by atoms with Gasteiger partial charge in [-0.15, -0.1) is 0 Å². The van der Waals surface area contributed by atoms with Crippen molar-refractivity contribution in [3.63, 3.8) is 0 Å². The molecule has 0 bridgehead atoms. The summed E-state index contributed by atoms with van der Waals surface area (Å²) in [6, 6.07) is 10.0. The van der Waals surface area contributed by atoms with Gasteiger partial charge in [-0.3, -0.25) is 0 Å². The average Bonchev–Trinajstić information content (AvgIpc) is 2.51. The maximum absolute atomic E-state index is 13.0. The van der Waals surface area contributed by atoms with Gasteiger partial charge in [0.2, 0.25) is 0 Å². The normalized spacial score (nSPS) is 10.3. The summed E-state index contributed by atoms with van der Waals surface area (Å²) in [4.78, 5) is 11.6. The first kappa shape index (κ1) is 15.9. The Labute approximate surface area is 126 Å². The number of anilines is 1. The van der Waals surface area contributed by atoms with E-state index in [1.807, 2.05) is 24.3 Å². The van der Waals surface area contributed by atoms with Crippen LogP contribution in [0.4, 0.5) is 19.3 Å². The zero-order valence-electron chi connectivity index (χ0n) is 11.8. The smallest absolute Gasteiger partial charge is 0.319 e. The molecule has 0 aliphatic carbocycles. The molecule has 0 spiro atoms. The number of rotatable bonds is 5. The lowest BCUT2D eigenvalue weighted by Gasteiger charge is -2.08. The molecular weight excluding hydrogens is 290 g/mol. The second kappa shape index (κ2) is 7.51. The molecule has 0 aliphatic heterocycles. The highest BCUT2D eigenvalue weighted by Gasteiger charge is 2.05. The van der Waals surface area contributed by atoms with Gasteiger partial charge in [0.05, 0.1) is 6.61 Å². The van der Waals surface area contributed by atoms with Gasteiger partial charge in [-0.25, -0.2) is 13.6 Å². The highest BCUT2D eigenvalue weighted by Crippen LogP contribution is 2.12. The van der Waals surface area contributed by atoms with E-state index in [9.17, 15) is 13.6 Å². The van der Waals surface area contributed by atoms with Crippen LogP contribution in [0.5, 0.6) is 0 Å². The topological polar surface area (TPSA) is 61.4 Å². The molecule has 2 aromatic rings. The van der Waals surface area contributed by atoms with Gasteiger partial charge in [-0.05, 0) is 29.7 Å². The zero-order chi connectivity index (χ0) is 15.9. The van der Waals surface area contributed by atoms with Crippen LogP contribution >= 0.6 is 0 Å². The summed E-state index contributed by atoms with van der Waals surface area (Å²) in [5, 5.41) is 14.0. The molecule has 0 atom stereocenters. The third-order valence-corrected chi connectivity index (χ3v) is 3.08. The van der Waals surface area contributed by atoms with Crippen LogP contribution in [0.2, 0.25) is 0 Å². The highest BCUT2D eigenvalue weighted by atomic mass is 19.2. The van der Waals surface area contributed by atoms with Gasteiger partial charge in [0.1, 0.15) is 0 Å². The number of urea groups is 1. The number of hydrogen-bond donors (Lipinski definition) is 3. The fraction of sp³-hybridized carbons (Fsp3) is 0.188. The Hall–Kier alpha value is -2.47. The number of benzene rings is 2. The first-order valence-corrected chi connectivity index (χ1v) is 6.77. The Morgan fingerprint density at radius 1 is 1.00 bits per heavy atom. The standard InChI is InChI=1S/C16H16F2N2O2/c17-14-6-5-13(9-15(14)18)20-16(22)19-8-7-11-1-3-12(10-21)4-2-11/h1-6,9,21H,7-8,10H2,(H2,19,20,22). The number of carbonyl (C=O) groups excluding carboxylic acids is 1. The molecule has 3 N–H and O–H groups in total. The van der Waals surface area contributed by atoms with E-state index in [1.54, 1.807) is 0 Å². The molecule has 2 amide bonds. The largest absolute Gasteiger partial charge is 0.392 e. The van der Waals surface area contributed by atoms with E-state index in [1.165, 1.54) is 6.07 Å². The number of halogens is 2. The third kappa shape index (κ3) is 4.53. The van der Waals surface area contributed by atoms with Crippen LogP contribution in [0.25, 0.3) is 0 Å². The van der Waals surface area contributed by atoms with Crippen LogP contribution in [0.3, 0.4) is 0 Å². The molecule has 0 fully saturated rings. The van der Waals surface area contributed by atoms with Crippen molar-refractivity contribution < 1.29 is 18.7 Å². The molecule has 0 saturated heterocycles. The second-order valence-electron chi connectivity index (χ2n) is 4.73. The van der Waals surface area contributed by atoms with E-state index in [0.29, 0.717) is 13.0 Å². The lowest BCUT2D eigenvalue weighted by molar-refractivity contribution is 0.252. The minimum atomic E-state index is -1.01. The number of aliphatic hydroxyl groups excluding tert-OH is 1. The Morgan fingerprint density at radius 2 is 1.68 bits per heavy atom. The van der Waals surface area contributed by atoms with Gasteiger partial charge in [-0.1, -0.05) is 24.3 Å². The molecule has 22 heavy (non-hydrogen) atoms. The third-order valence-electron chi connectivity index (χ3n) is 3.08. The van der Waals surface area contributed by atoms with Crippen molar-refractivity contribution in [1.82, 2.24) is 5.32 Å².